The molecule has 2 heterocycles. The smallest absolute Gasteiger partial charge is 0.282 e. The van der Waals surface area contributed by atoms with E-state index in [1.807, 2.05) is 121 Å². The number of fused-ring (bicyclic) bond motifs is 1. The van der Waals surface area contributed by atoms with Crippen molar-refractivity contribution in [1.29, 1.82) is 0 Å². The van der Waals surface area contributed by atoms with Gasteiger partial charge in [0.25, 0.3) is 6.43 Å². The summed E-state index contributed by atoms with van der Waals surface area (Å²) in [5.74, 6) is -0.442. The maximum absolute atomic E-state index is 14.9. The van der Waals surface area contributed by atoms with Crippen molar-refractivity contribution in [3.63, 3.8) is 0 Å². The van der Waals surface area contributed by atoms with Crippen molar-refractivity contribution in [3.8, 4) is 0 Å². The van der Waals surface area contributed by atoms with Gasteiger partial charge in [-0.3, -0.25) is 9.78 Å². The Morgan fingerprint density at radius 1 is 0.812 bits per heavy atom. The standard InChI is InChI=1S/C39H36F2N4O3/c1-38(2,48)36(26-15-7-3-8-16-26)43-33(47)24-30-23-32-34(31(25-46)42-30)35(37(40)41)44-45(32)39(27-17-9-4-10-18-27,28-19-11-5-12-20-28)29-21-13-6-14-22-29/h3-23,36-37,46,48H,24-25H2,1-2H3,(H,43,47)/t36-/m0/s1. The Labute approximate surface area is 277 Å². The Kier molecular flexibility index (Phi) is 9.17. The topological polar surface area (TPSA) is 100 Å². The normalized spacial score (nSPS) is 12.7. The lowest BCUT2D eigenvalue weighted by atomic mass is 9.77. The minimum Gasteiger partial charge on any atom is -0.390 e. The number of hydrogen-bond donors (Lipinski definition) is 3. The number of aliphatic hydroxyl groups excluding tert-OH is 1. The molecule has 0 radical (unpaired) electrons. The number of benzene rings is 4. The SMILES string of the molecule is CC(C)(O)[C@@H](NC(=O)Cc1cc2c(c(CO)n1)c(C(F)F)nn2C(c1ccccc1)(c1ccccc1)c1ccccc1)c1ccccc1. The van der Waals surface area contributed by atoms with Gasteiger partial charge in [-0.15, -0.1) is 0 Å². The van der Waals surface area contributed by atoms with Crippen LogP contribution in [0.1, 0.15) is 65.7 Å². The molecule has 0 unspecified atom stereocenters. The Hall–Kier alpha value is -5.25. The molecule has 0 spiro atoms. The van der Waals surface area contributed by atoms with E-state index in [0.717, 1.165) is 22.3 Å². The van der Waals surface area contributed by atoms with E-state index in [2.05, 4.69) is 15.4 Å². The summed E-state index contributed by atoms with van der Waals surface area (Å²) in [5, 5.41) is 29.0. The molecule has 0 saturated heterocycles. The van der Waals surface area contributed by atoms with Crippen LogP contribution in [0.15, 0.2) is 127 Å². The fourth-order valence-corrected chi connectivity index (χ4v) is 6.51. The van der Waals surface area contributed by atoms with Gasteiger partial charge in [-0.1, -0.05) is 121 Å². The van der Waals surface area contributed by atoms with Crippen LogP contribution in [0.2, 0.25) is 0 Å². The molecular formula is C39H36F2N4O3. The zero-order valence-corrected chi connectivity index (χ0v) is 26.6. The second kappa shape index (κ2) is 13.5. The molecule has 6 rings (SSSR count). The summed E-state index contributed by atoms with van der Waals surface area (Å²) >= 11 is 0. The molecule has 0 saturated carbocycles. The van der Waals surface area contributed by atoms with Crippen LogP contribution in [0.25, 0.3) is 10.9 Å². The molecular weight excluding hydrogens is 610 g/mol. The molecule has 0 aliphatic heterocycles. The van der Waals surface area contributed by atoms with Crippen molar-refractivity contribution >= 4 is 16.8 Å². The third-order valence-electron chi connectivity index (χ3n) is 8.55. The highest BCUT2D eigenvalue weighted by Gasteiger charge is 2.42. The summed E-state index contributed by atoms with van der Waals surface area (Å²) in [4.78, 5) is 18.1. The first-order chi connectivity index (χ1) is 23.1. The van der Waals surface area contributed by atoms with Gasteiger partial charge in [-0.05, 0) is 42.2 Å². The number of aliphatic hydroxyl groups is 2. The fourth-order valence-electron chi connectivity index (χ4n) is 6.51. The quantitative estimate of drug-likeness (QED) is 0.133. The molecule has 7 nitrogen and oxygen atoms in total. The number of carbonyl (C=O) groups excluding carboxylic acids is 1. The third-order valence-corrected chi connectivity index (χ3v) is 8.55. The van der Waals surface area contributed by atoms with E-state index < -0.39 is 41.8 Å². The van der Waals surface area contributed by atoms with E-state index in [-0.39, 0.29) is 28.7 Å². The Bertz CT molecular complexity index is 1900. The molecule has 4 aromatic carbocycles. The van der Waals surface area contributed by atoms with Gasteiger partial charge in [0.2, 0.25) is 5.91 Å². The van der Waals surface area contributed by atoms with E-state index >= 15 is 0 Å². The average molecular weight is 647 g/mol. The zero-order valence-electron chi connectivity index (χ0n) is 26.6. The number of nitrogens with zero attached hydrogens (tertiary/aromatic N) is 3. The number of nitrogens with one attached hydrogen (secondary N) is 1. The van der Waals surface area contributed by atoms with Crippen LogP contribution in [-0.2, 0) is 23.4 Å². The number of rotatable bonds is 11. The minimum absolute atomic E-state index is 0.0120. The average Bonchev–Trinajstić information content (AvgIpc) is 3.49. The van der Waals surface area contributed by atoms with Crippen molar-refractivity contribution in [2.45, 2.75) is 50.5 Å². The molecule has 244 valence electrons. The highest BCUT2D eigenvalue weighted by atomic mass is 19.3. The number of halogens is 2. The summed E-state index contributed by atoms with van der Waals surface area (Å²) in [5.41, 5.74) is 0.495. The van der Waals surface area contributed by atoms with Gasteiger partial charge in [-0.2, -0.15) is 5.10 Å². The van der Waals surface area contributed by atoms with Crippen LogP contribution in [0, 0.1) is 0 Å². The van der Waals surface area contributed by atoms with Gasteiger partial charge in [0.1, 0.15) is 11.2 Å². The number of aromatic nitrogens is 3. The molecule has 0 fully saturated rings. The number of alkyl halides is 2. The van der Waals surface area contributed by atoms with Gasteiger partial charge in [0.05, 0.1) is 47.0 Å². The van der Waals surface area contributed by atoms with E-state index in [9.17, 15) is 23.8 Å². The molecule has 1 amide bonds. The lowest BCUT2D eigenvalue weighted by Crippen LogP contribution is -2.42. The summed E-state index contributed by atoms with van der Waals surface area (Å²) in [6.45, 7) is 2.57. The van der Waals surface area contributed by atoms with Gasteiger partial charge >= 0.3 is 0 Å². The summed E-state index contributed by atoms with van der Waals surface area (Å²) in [7, 11) is 0. The Morgan fingerprint density at radius 3 is 1.73 bits per heavy atom. The van der Waals surface area contributed by atoms with E-state index in [4.69, 9.17) is 0 Å². The largest absolute Gasteiger partial charge is 0.390 e. The van der Waals surface area contributed by atoms with Crippen LogP contribution in [0.4, 0.5) is 8.78 Å². The van der Waals surface area contributed by atoms with Crippen molar-refractivity contribution < 1.29 is 23.8 Å². The summed E-state index contributed by atoms with van der Waals surface area (Å²) in [6.07, 6.45) is -3.22. The van der Waals surface area contributed by atoms with Crippen LogP contribution >= 0.6 is 0 Å². The van der Waals surface area contributed by atoms with Crippen LogP contribution in [-0.4, -0.2) is 36.5 Å². The molecule has 6 aromatic rings. The van der Waals surface area contributed by atoms with Crippen molar-refractivity contribution in [2.24, 2.45) is 0 Å². The summed E-state index contributed by atoms with van der Waals surface area (Å²) in [6, 6.07) is 38.5. The molecule has 3 N–H and O–H groups in total. The van der Waals surface area contributed by atoms with Gasteiger partial charge < -0.3 is 15.5 Å². The van der Waals surface area contributed by atoms with Crippen molar-refractivity contribution in [2.75, 3.05) is 0 Å². The lowest BCUT2D eigenvalue weighted by Gasteiger charge is -2.37. The predicted molar refractivity (Wildman–Crippen MR) is 180 cm³/mol. The first kappa shape index (κ1) is 32.7. The second-order valence-corrected chi connectivity index (χ2v) is 12.3. The van der Waals surface area contributed by atoms with E-state index in [0.29, 0.717) is 0 Å². The third kappa shape index (κ3) is 6.10. The molecule has 1 atom stereocenters. The van der Waals surface area contributed by atoms with Crippen LogP contribution < -0.4 is 5.32 Å². The fraction of sp³-hybridized carbons (Fsp3) is 0.205. The highest BCUT2D eigenvalue weighted by Crippen LogP contribution is 2.44. The van der Waals surface area contributed by atoms with Crippen molar-refractivity contribution in [1.82, 2.24) is 20.1 Å². The van der Waals surface area contributed by atoms with Crippen LogP contribution in [0.3, 0.4) is 0 Å². The number of carbonyl (C=O) groups is 1. The van der Waals surface area contributed by atoms with Crippen molar-refractivity contribution in [3.05, 3.63) is 167 Å². The Balaban J connectivity index is 1.58. The molecule has 0 aliphatic carbocycles. The number of amides is 1. The van der Waals surface area contributed by atoms with E-state index in [1.165, 1.54) is 0 Å². The van der Waals surface area contributed by atoms with Gasteiger partial charge in [0, 0.05) is 0 Å². The predicted octanol–water partition coefficient (Wildman–Crippen LogP) is 6.87. The van der Waals surface area contributed by atoms with Gasteiger partial charge in [0.15, 0.2) is 0 Å². The maximum Gasteiger partial charge on any atom is 0.282 e. The minimum atomic E-state index is -2.98. The molecule has 2 aromatic heterocycles. The molecule has 9 heteroatoms. The van der Waals surface area contributed by atoms with Gasteiger partial charge in [-0.25, -0.2) is 13.5 Å². The first-order valence-corrected chi connectivity index (χ1v) is 15.7. The molecule has 48 heavy (non-hydrogen) atoms. The Morgan fingerprint density at radius 2 is 1.29 bits per heavy atom. The van der Waals surface area contributed by atoms with Crippen LogP contribution in [0.5, 0.6) is 0 Å². The first-order valence-electron chi connectivity index (χ1n) is 15.7. The van der Waals surface area contributed by atoms with E-state index in [1.54, 1.807) is 24.6 Å². The lowest BCUT2D eigenvalue weighted by molar-refractivity contribution is -0.123. The number of pyridine rings is 1. The highest BCUT2D eigenvalue weighted by molar-refractivity contribution is 5.87. The number of hydrogen-bond acceptors (Lipinski definition) is 5. The zero-order chi connectivity index (χ0) is 33.9. The maximum atomic E-state index is 14.9. The molecule has 0 bridgehead atoms. The second-order valence-electron chi connectivity index (χ2n) is 12.3. The summed E-state index contributed by atoms with van der Waals surface area (Å²) < 4.78 is 31.3. The monoisotopic (exact) mass is 646 g/mol. The molecule has 0 aliphatic rings.